The van der Waals surface area contributed by atoms with Gasteiger partial charge in [-0.1, -0.05) is 93.5 Å². The lowest BCUT2D eigenvalue weighted by atomic mass is 9.34. The summed E-state index contributed by atoms with van der Waals surface area (Å²) in [6.07, 6.45) is 0. The van der Waals surface area contributed by atoms with Gasteiger partial charge in [-0.05, 0) is 76.5 Å². The molecule has 2 aliphatic rings. The summed E-state index contributed by atoms with van der Waals surface area (Å²) >= 11 is 0. The zero-order valence-corrected chi connectivity index (χ0v) is 29.7. The topological polar surface area (TPSA) is 41.5 Å². The minimum absolute atomic E-state index is 0.0620. The van der Waals surface area contributed by atoms with E-state index in [1.54, 1.807) is 0 Å². The third-order valence-electron chi connectivity index (χ3n) is 11.7. The van der Waals surface area contributed by atoms with Gasteiger partial charge in [0, 0.05) is 45.0 Å². The molecule has 0 aliphatic carbocycles. The van der Waals surface area contributed by atoms with Crippen LogP contribution in [0.1, 0.15) is 27.7 Å². The maximum Gasteiger partial charge on any atom is 0.260 e. The molecule has 2 aliphatic heterocycles. The number of benzene rings is 7. The number of furan rings is 1. The summed E-state index contributed by atoms with van der Waals surface area (Å²) < 4.78 is 33.6. The molecule has 252 valence electrons. The van der Waals surface area contributed by atoms with E-state index in [9.17, 15) is 0 Å². The van der Waals surface area contributed by atoms with Crippen molar-refractivity contribution in [3.05, 3.63) is 133 Å². The molecule has 0 saturated heterocycles. The molecule has 0 amide bonds. The van der Waals surface area contributed by atoms with Crippen molar-refractivity contribution in [1.82, 2.24) is 9.13 Å². The van der Waals surface area contributed by atoms with Crippen LogP contribution in [0.2, 0.25) is 0 Å². The van der Waals surface area contributed by atoms with Crippen molar-refractivity contribution in [2.24, 2.45) is 7.05 Å². The molecular weight excluding hydrogens is 651 g/mol. The van der Waals surface area contributed by atoms with E-state index >= 15 is 0 Å². The van der Waals surface area contributed by atoms with Gasteiger partial charge >= 0.3 is 0 Å². The number of fused-ring (bicyclic) bond motifs is 15. The third-order valence-corrected chi connectivity index (χ3v) is 11.7. The zero-order valence-electron chi connectivity index (χ0n) is 30.7. The lowest BCUT2D eigenvalue weighted by molar-refractivity contribution is 0.466. The Hall–Kier alpha value is -6.40. The van der Waals surface area contributed by atoms with E-state index < -0.39 is 0 Å². The molecule has 12 rings (SSSR count). The van der Waals surface area contributed by atoms with E-state index in [4.69, 9.17) is 15.3 Å². The van der Waals surface area contributed by atoms with Crippen LogP contribution in [0.4, 0.5) is 0 Å². The molecule has 10 aromatic rings. The number of rotatable bonds is 1. The first-order chi connectivity index (χ1) is 26.2. The van der Waals surface area contributed by atoms with Crippen LogP contribution in [0.15, 0.2) is 132 Å². The summed E-state index contributed by atoms with van der Waals surface area (Å²) in [5.74, 6) is 3.00. The van der Waals surface area contributed by atoms with Crippen LogP contribution < -0.4 is 25.9 Å². The van der Waals surface area contributed by atoms with Gasteiger partial charge in [0.05, 0.1) is 29.0 Å². The molecule has 0 bridgehead atoms. The fourth-order valence-electron chi connectivity index (χ4n) is 9.34. The first-order valence-corrected chi connectivity index (χ1v) is 18.3. The highest BCUT2D eigenvalue weighted by Crippen LogP contribution is 2.46. The van der Waals surface area contributed by atoms with Gasteiger partial charge in [-0.2, -0.15) is 0 Å². The van der Waals surface area contributed by atoms with E-state index in [0.717, 1.165) is 88.4 Å². The van der Waals surface area contributed by atoms with Gasteiger partial charge in [-0.25, -0.2) is 0 Å². The van der Waals surface area contributed by atoms with Crippen molar-refractivity contribution in [3.8, 4) is 28.7 Å². The number of para-hydroxylation sites is 3. The minimum Gasteiger partial charge on any atom is -0.458 e. The molecule has 5 heterocycles. The monoisotopic (exact) mass is 685 g/mol. The average molecular weight is 686 g/mol. The molecule has 5 nitrogen and oxygen atoms in total. The lowest BCUT2D eigenvalue weighted by Crippen LogP contribution is -2.57. The van der Waals surface area contributed by atoms with Gasteiger partial charge in [0.25, 0.3) is 6.71 Å². The van der Waals surface area contributed by atoms with Crippen molar-refractivity contribution in [3.63, 3.8) is 0 Å². The number of ether oxygens (including phenoxy) is 2. The number of aryl methyl sites for hydroxylation is 1. The van der Waals surface area contributed by atoms with Crippen LogP contribution in [0.25, 0.3) is 71.2 Å². The third kappa shape index (κ3) is 3.72. The predicted octanol–water partition coefficient (Wildman–Crippen LogP) is 10.4. The molecule has 0 N–H and O–H groups in total. The Morgan fingerprint density at radius 2 is 1.32 bits per heavy atom. The Morgan fingerprint density at radius 3 is 2.13 bits per heavy atom. The summed E-state index contributed by atoms with van der Waals surface area (Å²) in [7, 11) is 2.16. The highest BCUT2D eigenvalue weighted by atomic mass is 16.5. The average Bonchev–Trinajstić information content (AvgIpc) is 3.81. The smallest absolute Gasteiger partial charge is 0.260 e. The summed E-state index contributed by atoms with van der Waals surface area (Å²) in [5, 5.41) is 6.78. The van der Waals surface area contributed by atoms with Gasteiger partial charge in [0.1, 0.15) is 34.2 Å². The number of hydrogen-bond acceptors (Lipinski definition) is 3. The molecule has 0 radical (unpaired) electrons. The maximum atomic E-state index is 8.76. The Morgan fingerprint density at radius 1 is 0.604 bits per heavy atom. The second-order valence-electron chi connectivity index (χ2n) is 15.6. The quantitative estimate of drug-likeness (QED) is 0.162. The van der Waals surface area contributed by atoms with E-state index in [2.05, 4.69) is 140 Å². The van der Waals surface area contributed by atoms with Gasteiger partial charge in [-0.15, -0.1) is 0 Å². The van der Waals surface area contributed by atoms with E-state index in [1.165, 1.54) is 16.3 Å². The Bertz CT molecular complexity index is 3310. The molecule has 0 saturated carbocycles. The van der Waals surface area contributed by atoms with Crippen molar-refractivity contribution >= 4 is 88.7 Å². The van der Waals surface area contributed by atoms with Crippen molar-refractivity contribution in [1.29, 1.82) is 0 Å². The van der Waals surface area contributed by atoms with Crippen LogP contribution in [0, 0.1) is 0 Å². The highest BCUT2D eigenvalue weighted by molar-refractivity contribution is 6.98. The molecular formula is C47H33BN2O3. The second kappa shape index (κ2) is 9.93. The fourth-order valence-corrected chi connectivity index (χ4v) is 9.34. The molecule has 7 aromatic carbocycles. The normalized spacial score (nSPS) is 13.8. The SMILES string of the molecule is [2H]c1cc2c3c(c1)Oc1c(cc(-n4c5ccccc5c5c6c(ccc54)oc4ccccc46)c4c1c1ccccc1n4C)B3c1cc(C(C)(C)C)ccc1O2. The largest absolute Gasteiger partial charge is 0.458 e. The minimum atomic E-state index is -0.176. The van der Waals surface area contributed by atoms with E-state index in [1.807, 2.05) is 18.2 Å². The van der Waals surface area contributed by atoms with Crippen molar-refractivity contribution in [2.45, 2.75) is 26.2 Å². The zero-order chi connectivity index (χ0) is 36.2. The van der Waals surface area contributed by atoms with Crippen molar-refractivity contribution < 1.29 is 15.3 Å². The molecule has 0 unspecified atom stereocenters. The van der Waals surface area contributed by atoms with Crippen LogP contribution in [-0.4, -0.2) is 15.8 Å². The van der Waals surface area contributed by atoms with Gasteiger partial charge in [-0.3, -0.25) is 0 Å². The number of hydrogen-bond donors (Lipinski definition) is 0. The molecule has 0 atom stereocenters. The second-order valence-corrected chi connectivity index (χ2v) is 15.6. The molecule has 53 heavy (non-hydrogen) atoms. The molecule has 6 heteroatoms. The molecule has 0 spiro atoms. The van der Waals surface area contributed by atoms with Crippen LogP contribution in [-0.2, 0) is 12.5 Å². The van der Waals surface area contributed by atoms with Gasteiger partial charge in [0.2, 0.25) is 0 Å². The summed E-state index contributed by atoms with van der Waals surface area (Å²) in [6, 6.07) is 43.0. The highest BCUT2D eigenvalue weighted by Gasteiger charge is 2.42. The first-order valence-electron chi connectivity index (χ1n) is 18.8. The lowest BCUT2D eigenvalue weighted by Gasteiger charge is -2.34. The first kappa shape index (κ1) is 28.2. The van der Waals surface area contributed by atoms with Crippen molar-refractivity contribution in [2.75, 3.05) is 0 Å². The fraction of sp³-hybridized carbons (Fsp3) is 0.106. The number of nitrogens with zero attached hydrogens (tertiary/aromatic N) is 2. The molecule has 3 aromatic heterocycles. The van der Waals surface area contributed by atoms with E-state index in [-0.39, 0.29) is 12.1 Å². The predicted molar refractivity (Wildman–Crippen MR) is 218 cm³/mol. The summed E-state index contributed by atoms with van der Waals surface area (Å²) in [4.78, 5) is 0. The van der Waals surface area contributed by atoms with Crippen LogP contribution >= 0.6 is 0 Å². The maximum absolute atomic E-state index is 8.76. The number of aromatic nitrogens is 2. The standard InChI is InChI=1S/C47H33BN2O3/c1-47(2,3)26-20-22-37-30(24-26)48-31-25-35(45-43(27-12-5-8-15-32(27)49(45)4)46(31)53-40-19-11-18-39(52-37)44(40)48)50-33-16-9-6-13-28(33)41-34(50)21-23-38-42(41)29-14-7-10-17-36(29)51-38/h5-25H,1-4H3/i11D. The summed E-state index contributed by atoms with van der Waals surface area (Å²) in [6.45, 7) is 6.58. The summed E-state index contributed by atoms with van der Waals surface area (Å²) in [5.41, 5.74) is 11.6. The molecule has 0 fully saturated rings. The van der Waals surface area contributed by atoms with E-state index in [0.29, 0.717) is 17.5 Å². The Balaban J connectivity index is 1.27. The van der Waals surface area contributed by atoms with Gasteiger partial charge < -0.3 is 23.0 Å². The van der Waals surface area contributed by atoms with Gasteiger partial charge in [0.15, 0.2) is 0 Å². The Labute approximate surface area is 307 Å². The van der Waals surface area contributed by atoms with Crippen LogP contribution in [0.3, 0.4) is 0 Å². The van der Waals surface area contributed by atoms with Crippen LogP contribution in [0.5, 0.6) is 23.0 Å². The Kier molecular flexibility index (Phi) is 5.29.